The number of amidine groups is 1. The third-order valence-corrected chi connectivity index (χ3v) is 2.82. The van der Waals surface area contributed by atoms with Gasteiger partial charge in [0.15, 0.2) is 5.84 Å². The number of hydrogen-bond acceptors (Lipinski definition) is 3. The topological polar surface area (TPSA) is 99.7 Å². The van der Waals surface area contributed by atoms with Crippen molar-refractivity contribution in [2.24, 2.45) is 10.9 Å². The molecule has 0 saturated carbocycles. The number of amides is 2. The Kier molecular flexibility index (Phi) is 4.40. The van der Waals surface area contributed by atoms with Crippen LogP contribution in [0.3, 0.4) is 0 Å². The number of nitrogens with one attached hydrogen (secondary N) is 2. The zero-order valence-electron chi connectivity index (χ0n) is 11.5. The minimum Gasteiger partial charge on any atom is -0.409 e. The van der Waals surface area contributed by atoms with Crippen LogP contribution in [0.4, 0.5) is 16.2 Å². The van der Waals surface area contributed by atoms with Gasteiger partial charge in [-0.15, -0.1) is 0 Å². The third-order valence-electron chi connectivity index (χ3n) is 2.82. The molecule has 0 aromatic heterocycles. The Morgan fingerprint density at radius 3 is 2.38 bits per heavy atom. The molecule has 0 saturated heterocycles. The van der Waals surface area contributed by atoms with Gasteiger partial charge in [0.1, 0.15) is 0 Å². The van der Waals surface area contributed by atoms with Crippen molar-refractivity contribution >= 4 is 23.2 Å². The Morgan fingerprint density at radius 2 is 1.76 bits per heavy atom. The van der Waals surface area contributed by atoms with Crippen molar-refractivity contribution in [3.8, 4) is 0 Å². The number of rotatable bonds is 3. The molecule has 6 nitrogen and oxygen atoms in total. The van der Waals surface area contributed by atoms with E-state index in [1.54, 1.807) is 24.3 Å². The standard InChI is InChI=1S/C15H16N4O2/c1-10-3-2-4-13(9-10)18-15(20)17-12-7-5-11(6-8-12)14(16)19-21/h2-9,21H,1H3,(H2,16,19)(H2,17,18,20). The lowest BCUT2D eigenvalue weighted by molar-refractivity contribution is 0.262. The summed E-state index contributed by atoms with van der Waals surface area (Å²) in [6, 6.07) is 13.8. The monoisotopic (exact) mass is 284 g/mol. The molecule has 21 heavy (non-hydrogen) atoms. The maximum atomic E-state index is 11.9. The molecule has 0 unspecified atom stereocenters. The molecule has 0 aliphatic heterocycles. The van der Waals surface area contributed by atoms with Crippen LogP contribution in [0.15, 0.2) is 53.7 Å². The number of oxime groups is 1. The molecular weight excluding hydrogens is 268 g/mol. The van der Waals surface area contributed by atoms with Crippen molar-refractivity contribution < 1.29 is 10.0 Å². The zero-order chi connectivity index (χ0) is 15.2. The Bertz CT molecular complexity index is 666. The van der Waals surface area contributed by atoms with Crippen molar-refractivity contribution in [1.29, 1.82) is 0 Å². The summed E-state index contributed by atoms with van der Waals surface area (Å²) in [7, 11) is 0. The molecule has 0 aliphatic carbocycles. The molecular formula is C15H16N4O2. The summed E-state index contributed by atoms with van der Waals surface area (Å²) in [5.74, 6) is 0.0192. The van der Waals surface area contributed by atoms with Crippen LogP contribution in [0.2, 0.25) is 0 Å². The number of aryl methyl sites for hydroxylation is 1. The largest absolute Gasteiger partial charge is 0.409 e. The molecule has 0 aliphatic rings. The summed E-state index contributed by atoms with van der Waals surface area (Å²) in [5.41, 5.74) is 8.43. The van der Waals surface area contributed by atoms with Crippen molar-refractivity contribution in [1.82, 2.24) is 0 Å². The second kappa shape index (κ2) is 6.42. The number of nitrogens with zero attached hydrogens (tertiary/aromatic N) is 1. The zero-order valence-corrected chi connectivity index (χ0v) is 11.5. The van der Waals surface area contributed by atoms with Crippen LogP contribution in [0.1, 0.15) is 11.1 Å². The van der Waals surface area contributed by atoms with E-state index in [-0.39, 0.29) is 11.9 Å². The number of nitrogens with two attached hydrogens (primary N) is 1. The highest BCUT2D eigenvalue weighted by Crippen LogP contribution is 2.12. The lowest BCUT2D eigenvalue weighted by Crippen LogP contribution is -2.19. The number of anilines is 2. The molecule has 0 spiro atoms. The molecule has 0 bridgehead atoms. The quantitative estimate of drug-likeness (QED) is 0.302. The number of urea groups is 1. The minimum absolute atomic E-state index is 0.0192. The molecule has 0 atom stereocenters. The van der Waals surface area contributed by atoms with E-state index in [4.69, 9.17) is 10.9 Å². The summed E-state index contributed by atoms with van der Waals surface area (Å²) >= 11 is 0. The molecule has 2 aromatic carbocycles. The fourth-order valence-electron chi connectivity index (χ4n) is 1.80. The molecule has 0 radical (unpaired) electrons. The van der Waals surface area contributed by atoms with Crippen molar-refractivity contribution in [3.05, 3.63) is 59.7 Å². The Morgan fingerprint density at radius 1 is 1.10 bits per heavy atom. The second-order valence-corrected chi connectivity index (χ2v) is 4.51. The van der Waals surface area contributed by atoms with E-state index in [0.29, 0.717) is 11.3 Å². The van der Waals surface area contributed by atoms with Crippen LogP contribution in [-0.4, -0.2) is 17.1 Å². The van der Waals surface area contributed by atoms with Gasteiger partial charge in [-0.1, -0.05) is 17.3 Å². The van der Waals surface area contributed by atoms with Gasteiger partial charge in [-0.3, -0.25) is 0 Å². The summed E-state index contributed by atoms with van der Waals surface area (Å²) in [5, 5.41) is 16.9. The van der Waals surface area contributed by atoms with Crippen LogP contribution >= 0.6 is 0 Å². The molecule has 0 fully saturated rings. The van der Waals surface area contributed by atoms with Gasteiger partial charge in [-0.2, -0.15) is 0 Å². The fourth-order valence-corrected chi connectivity index (χ4v) is 1.80. The molecule has 2 rings (SSSR count). The van der Waals surface area contributed by atoms with Gasteiger partial charge in [-0.25, -0.2) is 4.79 Å². The van der Waals surface area contributed by atoms with Crippen molar-refractivity contribution in [2.45, 2.75) is 6.92 Å². The highest BCUT2D eigenvalue weighted by atomic mass is 16.4. The maximum Gasteiger partial charge on any atom is 0.323 e. The van der Waals surface area contributed by atoms with E-state index in [2.05, 4.69) is 15.8 Å². The Hall–Kier alpha value is -3.02. The van der Waals surface area contributed by atoms with Crippen LogP contribution in [0.5, 0.6) is 0 Å². The first-order chi connectivity index (χ1) is 10.1. The molecule has 6 heteroatoms. The highest BCUT2D eigenvalue weighted by molar-refractivity contribution is 6.01. The highest BCUT2D eigenvalue weighted by Gasteiger charge is 2.04. The van der Waals surface area contributed by atoms with Crippen LogP contribution in [-0.2, 0) is 0 Å². The van der Waals surface area contributed by atoms with Crippen LogP contribution in [0.25, 0.3) is 0 Å². The average molecular weight is 284 g/mol. The second-order valence-electron chi connectivity index (χ2n) is 4.51. The van der Waals surface area contributed by atoms with Gasteiger partial charge in [0, 0.05) is 16.9 Å². The van der Waals surface area contributed by atoms with E-state index in [0.717, 1.165) is 11.3 Å². The maximum absolute atomic E-state index is 11.9. The minimum atomic E-state index is -0.336. The lowest BCUT2D eigenvalue weighted by atomic mass is 10.2. The van der Waals surface area contributed by atoms with E-state index >= 15 is 0 Å². The molecule has 108 valence electrons. The molecule has 5 N–H and O–H groups in total. The van der Waals surface area contributed by atoms with Gasteiger partial charge in [0.05, 0.1) is 0 Å². The van der Waals surface area contributed by atoms with Crippen molar-refractivity contribution in [3.63, 3.8) is 0 Å². The summed E-state index contributed by atoms with van der Waals surface area (Å²) in [4.78, 5) is 11.9. The number of carbonyl (C=O) groups is 1. The molecule has 2 amide bonds. The summed E-state index contributed by atoms with van der Waals surface area (Å²) in [6.07, 6.45) is 0. The van der Waals surface area contributed by atoms with E-state index < -0.39 is 0 Å². The smallest absolute Gasteiger partial charge is 0.323 e. The predicted octanol–water partition coefficient (Wildman–Crippen LogP) is 2.73. The molecule has 2 aromatic rings. The van der Waals surface area contributed by atoms with Gasteiger partial charge < -0.3 is 21.6 Å². The van der Waals surface area contributed by atoms with Gasteiger partial charge in [0.2, 0.25) is 0 Å². The summed E-state index contributed by atoms with van der Waals surface area (Å²) in [6.45, 7) is 1.95. The number of benzene rings is 2. The van der Waals surface area contributed by atoms with Crippen LogP contribution < -0.4 is 16.4 Å². The lowest BCUT2D eigenvalue weighted by Gasteiger charge is -2.08. The number of hydrogen-bond donors (Lipinski definition) is 4. The first kappa shape index (κ1) is 14.4. The molecule has 0 heterocycles. The van der Waals surface area contributed by atoms with Gasteiger partial charge >= 0.3 is 6.03 Å². The normalized spacial score (nSPS) is 11.0. The van der Waals surface area contributed by atoms with Crippen molar-refractivity contribution in [2.75, 3.05) is 10.6 Å². The first-order valence-electron chi connectivity index (χ1n) is 6.31. The fraction of sp³-hybridized carbons (Fsp3) is 0.0667. The van der Waals surface area contributed by atoms with Gasteiger partial charge in [-0.05, 0) is 48.9 Å². The van der Waals surface area contributed by atoms with E-state index in [9.17, 15) is 4.79 Å². The SMILES string of the molecule is Cc1cccc(NC(=O)Nc2ccc(/C(N)=N/O)cc2)c1. The van der Waals surface area contributed by atoms with E-state index in [1.807, 2.05) is 31.2 Å². The van der Waals surface area contributed by atoms with E-state index in [1.165, 1.54) is 0 Å². The Labute approximate surface area is 122 Å². The third kappa shape index (κ3) is 3.97. The predicted molar refractivity (Wildman–Crippen MR) is 82.8 cm³/mol. The number of carbonyl (C=O) groups excluding carboxylic acids is 1. The summed E-state index contributed by atoms with van der Waals surface area (Å²) < 4.78 is 0. The first-order valence-corrected chi connectivity index (χ1v) is 6.31. The Balaban J connectivity index is 2.00. The average Bonchev–Trinajstić information content (AvgIpc) is 2.47. The van der Waals surface area contributed by atoms with Gasteiger partial charge in [0.25, 0.3) is 0 Å². The van der Waals surface area contributed by atoms with Crippen LogP contribution in [0, 0.1) is 6.92 Å².